The maximum absolute atomic E-state index is 7.34. The van der Waals surface area contributed by atoms with Crippen molar-refractivity contribution in [1.29, 1.82) is 5.41 Å². The molecule has 0 atom stereocenters. The molecule has 0 aliphatic rings. The van der Waals surface area contributed by atoms with E-state index in [1.54, 1.807) is 12.1 Å². The van der Waals surface area contributed by atoms with E-state index in [1.165, 1.54) is 0 Å². The summed E-state index contributed by atoms with van der Waals surface area (Å²) in [6, 6.07) is 17.2. The number of hydrogen-bond donors (Lipinski definition) is 2. The van der Waals surface area contributed by atoms with Crippen LogP contribution < -0.4 is 15.2 Å². The van der Waals surface area contributed by atoms with Crippen molar-refractivity contribution in [1.82, 2.24) is 0 Å². The molecule has 0 spiro atoms. The molecule has 0 unspecified atom stereocenters. The van der Waals surface area contributed by atoms with Crippen LogP contribution in [-0.2, 0) is 0 Å². The fourth-order valence-electron chi connectivity index (χ4n) is 2.19. The molecule has 0 heterocycles. The van der Waals surface area contributed by atoms with Crippen LogP contribution in [0.4, 0.5) is 0 Å². The molecule has 0 saturated heterocycles. The highest BCUT2D eigenvalue weighted by Gasteiger charge is 1.98. The minimum absolute atomic E-state index is 0.0780. The van der Waals surface area contributed by atoms with E-state index in [9.17, 15) is 0 Å². The first-order valence-corrected chi connectivity index (χ1v) is 8.01. The van der Waals surface area contributed by atoms with Crippen molar-refractivity contribution in [3.05, 3.63) is 60.2 Å². The second-order valence-electron chi connectivity index (χ2n) is 5.36. The first kappa shape index (κ1) is 16.9. The summed E-state index contributed by atoms with van der Waals surface area (Å²) in [6.07, 6.45) is 4.35. The van der Waals surface area contributed by atoms with Gasteiger partial charge in [0, 0.05) is 5.56 Å². The van der Waals surface area contributed by atoms with E-state index >= 15 is 0 Å². The predicted octanol–water partition coefficient (Wildman–Crippen LogP) is 3.99. The van der Waals surface area contributed by atoms with Gasteiger partial charge in [0.1, 0.15) is 17.3 Å². The standard InChI is InChI=1S/C19H24N2O2/c20-19(21)16-10-12-18(13-11-16)23-15-7-2-1-6-14-22-17-8-4-3-5-9-17/h3-5,8-13H,1-2,6-7,14-15H2,(H3,20,21). The molecule has 23 heavy (non-hydrogen) atoms. The van der Waals surface area contributed by atoms with Crippen molar-refractivity contribution < 1.29 is 9.47 Å². The van der Waals surface area contributed by atoms with Crippen molar-refractivity contribution in [3.63, 3.8) is 0 Å². The maximum Gasteiger partial charge on any atom is 0.122 e. The van der Waals surface area contributed by atoms with Gasteiger partial charge in [0.25, 0.3) is 0 Å². The number of amidine groups is 1. The van der Waals surface area contributed by atoms with Crippen LogP contribution in [0, 0.1) is 5.41 Å². The number of nitrogen functional groups attached to an aromatic ring is 1. The van der Waals surface area contributed by atoms with Gasteiger partial charge in [-0.2, -0.15) is 0 Å². The zero-order valence-corrected chi connectivity index (χ0v) is 13.3. The molecule has 4 heteroatoms. The average Bonchev–Trinajstić information content (AvgIpc) is 2.58. The summed E-state index contributed by atoms with van der Waals surface area (Å²) in [6.45, 7) is 1.47. The second-order valence-corrected chi connectivity index (χ2v) is 5.36. The number of unbranched alkanes of at least 4 members (excludes halogenated alkanes) is 3. The van der Waals surface area contributed by atoms with Crippen molar-refractivity contribution >= 4 is 5.84 Å². The van der Waals surface area contributed by atoms with E-state index in [0.29, 0.717) is 6.61 Å². The quantitative estimate of drug-likeness (QED) is 0.396. The van der Waals surface area contributed by atoms with Gasteiger partial charge in [-0.15, -0.1) is 0 Å². The average molecular weight is 312 g/mol. The first-order valence-electron chi connectivity index (χ1n) is 8.01. The van der Waals surface area contributed by atoms with E-state index in [1.807, 2.05) is 42.5 Å². The van der Waals surface area contributed by atoms with Gasteiger partial charge in [0.15, 0.2) is 0 Å². The minimum Gasteiger partial charge on any atom is -0.494 e. The summed E-state index contributed by atoms with van der Waals surface area (Å²) >= 11 is 0. The Morgan fingerprint density at radius 1 is 0.739 bits per heavy atom. The summed E-state index contributed by atoms with van der Waals surface area (Å²) in [5.74, 6) is 1.83. The Bertz CT molecular complexity index is 582. The Balaban J connectivity index is 1.50. The van der Waals surface area contributed by atoms with Gasteiger partial charge in [-0.05, 0) is 62.1 Å². The molecular formula is C19H24N2O2. The molecule has 0 amide bonds. The lowest BCUT2D eigenvalue weighted by Gasteiger charge is -2.07. The predicted molar refractivity (Wildman–Crippen MR) is 93.4 cm³/mol. The van der Waals surface area contributed by atoms with E-state index in [2.05, 4.69) is 0 Å². The van der Waals surface area contributed by atoms with Gasteiger partial charge in [0.2, 0.25) is 0 Å². The topological polar surface area (TPSA) is 68.3 Å². The Hall–Kier alpha value is -2.49. The van der Waals surface area contributed by atoms with Crippen LogP contribution in [-0.4, -0.2) is 19.0 Å². The van der Waals surface area contributed by atoms with E-state index < -0.39 is 0 Å². The molecule has 3 N–H and O–H groups in total. The largest absolute Gasteiger partial charge is 0.494 e. The molecule has 0 aliphatic heterocycles. The third-order valence-corrected chi connectivity index (χ3v) is 3.48. The molecule has 0 fully saturated rings. The fraction of sp³-hybridized carbons (Fsp3) is 0.316. The summed E-state index contributed by atoms with van der Waals surface area (Å²) in [4.78, 5) is 0. The molecule has 2 rings (SSSR count). The number of rotatable bonds is 10. The molecule has 0 radical (unpaired) electrons. The number of para-hydroxylation sites is 1. The summed E-state index contributed by atoms with van der Waals surface area (Å²) in [5.41, 5.74) is 6.13. The zero-order chi connectivity index (χ0) is 16.3. The van der Waals surface area contributed by atoms with Gasteiger partial charge >= 0.3 is 0 Å². The highest BCUT2D eigenvalue weighted by Crippen LogP contribution is 2.13. The van der Waals surface area contributed by atoms with E-state index in [4.69, 9.17) is 20.6 Å². The Morgan fingerprint density at radius 2 is 1.26 bits per heavy atom. The van der Waals surface area contributed by atoms with Crippen molar-refractivity contribution in [2.45, 2.75) is 25.7 Å². The minimum atomic E-state index is 0.0780. The van der Waals surface area contributed by atoms with Crippen LogP contribution in [0.1, 0.15) is 31.2 Å². The number of hydrogen-bond acceptors (Lipinski definition) is 3. The van der Waals surface area contributed by atoms with Gasteiger partial charge in [0.05, 0.1) is 13.2 Å². The fourth-order valence-corrected chi connectivity index (χ4v) is 2.19. The monoisotopic (exact) mass is 312 g/mol. The third kappa shape index (κ3) is 6.43. The molecule has 2 aromatic rings. The Kier molecular flexibility index (Phi) is 6.98. The summed E-state index contributed by atoms with van der Waals surface area (Å²) in [5, 5.41) is 7.34. The molecule has 2 aromatic carbocycles. The van der Waals surface area contributed by atoms with E-state index in [0.717, 1.165) is 49.4 Å². The lowest BCUT2D eigenvalue weighted by molar-refractivity contribution is 0.287. The molecular weight excluding hydrogens is 288 g/mol. The third-order valence-electron chi connectivity index (χ3n) is 3.48. The van der Waals surface area contributed by atoms with Crippen LogP contribution in [0.25, 0.3) is 0 Å². The van der Waals surface area contributed by atoms with Crippen molar-refractivity contribution in [2.24, 2.45) is 5.73 Å². The van der Waals surface area contributed by atoms with Crippen molar-refractivity contribution in [2.75, 3.05) is 13.2 Å². The van der Waals surface area contributed by atoms with Gasteiger partial charge in [-0.25, -0.2) is 0 Å². The second kappa shape index (κ2) is 9.51. The highest BCUT2D eigenvalue weighted by molar-refractivity contribution is 5.94. The maximum atomic E-state index is 7.34. The molecule has 0 aliphatic carbocycles. The van der Waals surface area contributed by atoms with Crippen LogP contribution in [0.2, 0.25) is 0 Å². The lowest BCUT2D eigenvalue weighted by atomic mass is 10.2. The van der Waals surface area contributed by atoms with Gasteiger partial charge < -0.3 is 15.2 Å². The molecule has 0 aromatic heterocycles. The molecule has 122 valence electrons. The number of ether oxygens (including phenoxy) is 2. The number of nitrogens with two attached hydrogens (primary N) is 1. The Labute approximate surface area is 137 Å². The van der Waals surface area contributed by atoms with Crippen LogP contribution in [0.5, 0.6) is 11.5 Å². The highest BCUT2D eigenvalue weighted by atomic mass is 16.5. The van der Waals surface area contributed by atoms with Gasteiger partial charge in [-0.3, -0.25) is 5.41 Å². The van der Waals surface area contributed by atoms with E-state index in [-0.39, 0.29) is 5.84 Å². The zero-order valence-electron chi connectivity index (χ0n) is 13.3. The van der Waals surface area contributed by atoms with Crippen LogP contribution in [0.15, 0.2) is 54.6 Å². The smallest absolute Gasteiger partial charge is 0.122 e. The van der Waals surface area contributed by atoms with Gasteiger partial charge in [-0.1, -0.05) is 18.2 Å². The molecule has 0 saturated carbocycles. The van der Waals surface area contributed by atoms with Crippen LogP contribution >= 0.6 is 0 Å². The summed E-state index contributed by atoms with van der Waals surface area (Å²) in [7, 11) is 0. The van der Waals surface area contributed by atoms with Crippen molar-refractivity contribution in [3.8, 4) is 11.5 Å². The molecule has 0 bridgehead atoms. The number of benzene rings is 2. The Morgan fingerprint density at radius 3 is 1.78 bits per heavy atom. The number of nitrogens with one attached hydrogen (secondary N) is 1. The van der Waals surface area contributed by atoms with Crippen LogP contribution in [0.3, 0.4) is 0 Å². The lowest BCUT2D eigenvalue weighted by Crippen LogP contribution is -2.10. The SMILES string of the molecule is N=C(N)c1ccc(OCCCCCCOc2ccccc2)cc1. The normalized spacial score (nSPS) is 10.3. The first-order chi connectivity index (χ1) is 11.3. The summed E-state index contributed by atoms with van der Waals surface area (Å²) < 4.78 is 11.3. The molecule has 4 nitrogen and oxygen atoms in total.